The zero-order chi connectivity index (χ0) is 15.5. The molecule has 2 aromatic rings. The van der Waals surface area contributed by atoms with Crippen molar-refractivity contribution in [1.82, 2.24) is 19.7 Å². The third kappa shape index (κ3) is 3.33. The Balaban J connectivity index is 1.61. The van der Waals surface area contributed by atoms with E-state index in [0.717, 1.165) is 31.7 Å². The standard InChI is InChI=1S/C16H21N5O/c1-12-14(4-3-7-17-12)10-20-8-5-15(11-20)21-9-6-16(19-21)18-13(2)22/h3-4,6-7,9,15H,5,8,10-11H2,1-2H3,(H,18,19,22)/t15-/m1/s1. The van der Waals surface area contributed by atoms with Gasteiger partial charge in [-0.3, -0.25) is 19.4 Å². The molecule has 1 atom stereocenters. The highest BCUT2D eigenvalue weighted by Gasteiger charge is 2.24. The largest absolute Gasteiger partial charge is 0.309 e. The normalized spacial score (nSPS) is 18.5. The number of nitrogens with zero attached hydrogens (tertiary/aromatic N) is 4. The van der Waals surface area contributed by atoms with Crippen LogP contribution in [0, 0.1) is 6.92 Å². The molecule has 1 amide bonds. The minimum Gasteiger partial charge on any atom is -0.309 e. The number of hydrogen-bond donors (Lipinski definition) is 1. The summed E-state index contributed by atoms with van der Waals surface area (Å²) in [4.78, 5) is 17.8. The van der Waals surface area contributed by atoms with E-state index in [1.54, 1.807) is 0 Å². The quantitative estimate of drug-likeness (QED) is 0.938. The van der Waals surface area contributed by atoms with E-state index < -0.39 is 0 Å². The highest BCUT2D eigenvalue weighted by Crippen LogP contribution is 2.23. The van der Waals surface area contributed by atoms with Gasteiger partial charge in [0.05, 0.1) is 6.04 Å². The number of anilines is 1. The lowest BCUT2D eigenvalue weighted by Gasteiger charge is -2.17. The summed E-state index contributed by atoms with van der Waals surface area (Å²) in [6, 6.07) is 6.33. The Labute approximate surface area is 130 Å². The van der Waals surface area contributed by atoms with Crippen molar-refractivity contribution in [2.24, 2.45) is 0 Å². The monoisotopic (exact) mass is 299 g/mol. The van der Waals surface area contributed by atoms with Gasteiger partial charge in [0.1, 0.15) is 0 Å². The van der Waals surface area contributed by atoms with E-state index in [9.17, 15) is 4.79 Å². The van der Waals surface area contributed by atoms with E-state index in [0.29, 0.717) is 11.9 Å². The fourth-order valence-electron chi connectivity index (χ4n) is 2.89. The van der Waals surface area contributed by atoms with Crippen molar-refractivity contribution in [3.63, 3.8) is 0 Å². The van der Waals surface area contributed by atoms with Gasteiger partial charge < -0.3 is 5.32 Å². The van der Waals surface area contributed by atoms with Gasteiger partial charge in [0.2, 0.25) is 5.91 Å². The average molecular weight is 299 g/mol. The van der Waals surface area contributed by atoms with Crippen LogP contribution in [0.2, 0.25) is 0 Å². The molecule has 1 saturated heterocycles. The van der Waals surface area contributed by atoms with E-state index >= 15 is 0 Å². The van der Waals surface area contributed by atoms with Gasteiger partial charge in [0.25, 0.3) is 0 Å². The third-order valence-corrected chi connectivity index (χ3v) is 4.04. The fourth-order valence-corrected chi connectivity index (χ4v) is 2.89. The van der Waals surface area contributed by atoms with Crippen LogP contribution in [-0.2, 0) is 11.3 Å². The van der Waals surface area contributed by atoms with E-state index in [2.05, 4.69) is 33.3 Å². The van der Waals surface area contributed by atoms with Crippen LogP contribution in [0.4, 0.5) is 5.82 Å². The number of hydrogen-bond acceptors (Lipinski definition) is 4. The van der Waals surface area contributed by atoms with Gasteiger partial charge in [-0.1, -0.05) is 6.07 Å². The van der Waals surface area contributed by atoms with Gasteiger partial charge in [0.15, 0.2) is 5.82 Å². The Morgan fingerprint density at radius 3 is 3.09 bits per heavy atom. The molecule has 6 heteroatoms. The molecule has 116 valence electrons. The molecular weight excluding hydrogens is 278 g/mol. The van der Waals surface area contributed by atoms with Gasteiger partial charge in [-0.2, -0.15) is 5.10 Å². The zero-order valence-corrected chi connectivity index (χ0v) is 13.0. The number of nitrogens with one attached hydrogen (secondary N) is 1. The number of carbonyl (C=O) groups excluding carboxylic acids is 1. The van der Waals surface area contributed by atoms with E-state index in [1.165, 1.54) is 12.5 Å². The molecule has 0 bridgehead atoms. The van der Waals surface area contributed by atoms with Crippen LogP contribution in [0.3, 0.4) is 0 Å². The molecule has 0 unspecified atom stereocenters. The average Bonchev–Trinajstić information content (AvgIpc) is 3.10. The van der Waals surface area contributed by atoms with Crippen molar-refractivity contribution in [3.8, 4) is 0 Å². The molecule has 0 spiro atoms. The van der Waals surface area contributed by atoms with Crippen molar-refractivity contribution in [2.75, 3.05) is 18.4 Å². The molecule has 1 N–H and O–H groups in total. The van der Waals surface area contributed by atoms with Gasteiger partial charge >= 0.3 is 0 Å². The Morgan fingerprint density at radius 1 is 1.45 bits per heavy atom. The van der Waals surface area contributed by atoms with Crippen LogP contribution in [0.25, 0.3) is 0 Å². The lowest BCUT2D eigenvalue weighted by Crippen LogP contribution is -2.22. The maximum Gasteiger partial charge on any atom is 0.222 e. The molecule has 0 aromatic carbocycles. The Bertz CT molecular complexity index is 666. The van der Waals surface area contributed by atoms with Crippen molar-refractivity contribution >= 4 is 11.7 Å². The first-order valence-electron chi connectivity index (χ1n) is 7.57. The smallest absolute Gasteiger partial charge is 0.222 e. The van der Waals surface area contributed by atoms with Gasteiger partial charge in [0, 0.05) is 50.7 Å². The predicted molar refractivity (Wildman–Crippen MR) is 84.4 cm³/mol. The van der Waals surface area contributed by atoms with Crippen LogP contribution in [0.1, 0.15) is 30.6 Å². The van der Waals surface area contributed by atoms with Crippen LogP contribution >= 0.6 is 0 Å². The molecule has 2 aromatic heterocycles. The minimum atomic E-state index is -0.0923. The Kier molecular flexibility index (Phi) is 4.20. The summed E-state index contributed by atoms with van der Waals surface area (Å²) in [5, 5.41) is 7.15. The second-order valence-corrected chi connectivity index (χ2v) is 5.79. The maximum absolute atomic E-state index is 11.1. The first-order valence-corrected chi connectivity index (χ1v) is 7.57. The molecule has 3 rings (SSSR count). The van der Waals surface area contributed by atoms with Crippen molar-refractivity contribution in [3.05, 3.63) is 41.9 Å². The number of amides is 1. The van der Waals surface area contributed by atoms with Crippen LogP contribution in [0.15, 0.2) is 30.6 Å². The highest BCUT2D eigenvalue weighted by molar-refractivity contribution is 5.87. The number of likely N-dealkylation sites (tertiary alicyclic amines) is 1. The van der Waals surface area contributed by atoms with Crippen LogP contribution in [-0.4, -0.2) is 38.7 Å². The number of pyridine rings is 1. The molecule has 6 nitrogen and oxygen atoms in total. The lowest BCUT2D eigenvalue weighted by atomic mass is 10.2. The number of aromatic nitrogens is 3. The minimum absolute atomic E-state index is 0.0923. The second kappa shape index (κ2) is 6.27. The second-order valence-electron chi connectivity index (χ2n) is 5.79. The highest BCUT2D eigenvalue weighted by atomic mass is 16.1. The van der Waals surface area contributed by atoms with Crippen molar-refractivity contribution in [1.29, 1.82) is 0 Å². The number of aryl methyl sites for hydroxylation is 1. The zero-order valence-electron chi connectivity index (χ0n) is 13.0. The maximum atomic E-state index is 11.1. The molecule has 1 aliphatic heterocycles. The van der Waals surface area contributed by atoms with Crippen LogP contribution < -0.4 is 5.32 Å². The summed E-state index contributed by atoms with van der Waals surface area (Å²) in [6.45, 7) is 6.49. The van der Waals surface area contributed by atoms with Crippen molar-refractivity contribution in [2.45, 2.75) is 32.9 Å². The van der Waals surface area contributed by atoms with E-state index in [4.69, 9.17) is 0 Å². The molecule has 1 aliphatic rings. The molecule has 0 aliphatic carbocycles. The first kappa shape index (κ1) is 14.7. The summed E-state index contributed by atoms with van der Waals surface area (Å²) >= 11 is 0. The third-order valence-electron chi connectivity index (χ3n) is 4.04. The topological polar surface area (TPSA) is 63.1 Å². The molecule has 3 heterocycles. The van der Waals surface area contributed by atoms with E-state index in [-0.39, 0.29) is 5.91 Å². The van der Waals surface area contributed by atoms with Gasteiger partial charge in [-0.05, 0) is 25.0 Å². The first-order chi connectivity index (χ1) is 10.6. The van der Waals surface area contributed by atoms with Gasteiger partial charge in [-0.25, -0.2) is 0 Å². The number of rotatable bonds is 4. The molecule has 1 fully saturated rings. The Morgan fingerprint density at radius 2 is 2.32 bits per heavy atom. The summed E-state index contributed by atoms with van der Waals surface area (Å²) in [6.07, 6.45) is 4.84. The Hall–Kier alpha value is -2.21. The SMILES string of the molecule is CC(=O)Nc1ccn([C@@H]2CCN(Cc3cccnc3C)C2)n1. The molecular formula is C16H21N5O. The van der Waals surface area contributed by atoms with Crippen LogP contribution in [0.5, 0.6) is 0 Å². The van der Waals surface area contributed by atoms with Gasteiger partial charge in [-0.15, -0.1) is 0 Å². The number of carbonyl (C=O) groups is 1. The van der Waals surface area contributed by atoms with Crippen molar-refractivity contribution < 1.29 is 4.79 Å². The molecule has 0 radical (unpaired) electrons. The van der Waals surface area contributed by atoms with E-state index in [1.807, 2.05) is 29.2 Å². The molecule has 0 saturated carbocycles. The fraction of sp³-hybridized carbons (Fsp3) is 0.438. The molecule has 22 heavy (non-hydrogen) atoms. The summed E-state index contributed by atoms with van der Waals surface area (Å²) in [7, 11) is 0. The predicted octanol–water partition coefficient (Wildman–Crippen LogP) is 1.99. The lowest BCUT2D eigenvalue weighted by molar-refractivity contribution is -0.114. The summed E-state index contributed by atoms with van der Waals surface area (Å²) in [5.41, 5.74) is 2.38. The summed E-state index contributed by atoms with van der Waals surface area (Å²) < 4.78 is 1.96. The summed E-state index contributed by atoms with van der Waals surface area (Å²) in [5.74, 6) is 0.527.